The minimum absolute atomic E-state index is 0.00785. The molecule has 2 saturated heterocycles. The van der Waals surface area contributed by atoms with Crippen LogP contribution < -0.4 is 36.1 Å². The SMILES string of the molecule is CN(Cc1cccc(-c2cc3cc(c2)OCCCC[C@@H](C(=O)NC2CCCC2)NC(=O)[C@H](CC(=O)N2CCCC2C2CC2)NC(=O)CC3)c1)C(=O)[C@@H]1CCCCOc2cccc(c2)C[C@H](N2CCCC2=O)C(=O)N[C@@H](CCc2ccc(F)cc2)C(=O)N1. The first-order chi connectivity index (χ1) is 42.2. The zero-order valence-corrected chi connectivity index (χ0v) is 50.2. The predicted molar refractivity (Wildman–Crippen MR) is 325 cm³/mol. The lowest BCUT2D eigenvalue weighted by Crippen LogP contribution is -2.57. The number of hydrogen-bond acceptors (Lipinski definition) is 10. The van der Waals surface area contributed by atoms with E-state index in [0.717, 1.165) is 84.7 Å². The van der Waals surface area contributed by atoms with Crippen LogP contribution in [0.15, 0.2) is 91.0 Å². The van der Waals surface area contributed by atoms with Gasteiger partial charge in [0.05, 0.1) is 19.6 Å². The molecule has 87 heavy (non-hydrogen) atoms. The molecule has 4 heterocycles. The van der Waals surface area contributed by atoms with Gasteiger partial charge in [-0.05, 0) is 184 Å². The maximum absolute atomic E-state index is 14.8. The van der Waals surface area contributed by atoms with Crippen LogP contribution in [0.1, 0.15) is 144 Å². The Labute approximate surface area is 509 Å². The van der Waals surface area contributed by atoms with Crippen molar-refractivity contribution in [2.75, 3.05) is 33.4 Å². The van der Waals surface area contributed by atoms with Crippen LogP contribution in [-0.4, -0.2) is 138 Å². The summed E-state index contributed by atoms with van der Waals surface area (Å²) in [7, 11) is 1.68. The van der Waals surface area contributed by atoms with Crippen molar-refractivity contribution in [3.05, 3.63) is 119 Å². The molecule has 0 radical (unpaired) electrons. The predicted octanol–water partition coefficient (Wildman–Crippen LogP) is 7.16. The minimum atomic E-state index is -1.17. The van der Waals surface area contributed by atoms with Crippen LogP contribution in [-0.2, 0) is 64.2 Å². The van der Waals surface area contributed by atoms with Crippen molar-refractivity contribution < 1.29 is 52.2 Å². The van der Waals surface area contributed by atoms with Gasteiger partial charge in [0.1, 0.15) is 47.5 Å². The molecule has 6 atom stereocenters. The molecule has 5 N–H and O–H groups in total. The van der Waals surface area contributed by atoms with Crippen LogP contribution in [0.4, 0.5) is 4.39 Å². The van der Waals surface area contributed by atoms with Gasteiger partial charge < -0.3 is 50.8 Å². The number of likely N-dealkylation sites (tertiary alicyclic amines) is 2. The van der Waals surface area contributed by atoms with Gasteiger partial charge in [0.25, 0.3) is 0 Å². The van der Waals surface area contributed by atoms with E-state index in [4.69, 9.17) is 9.47 Å². The van der Waals surface area contributed by atoms with Gasteiger partial charge in [-0.3, -0.25) is 38.4 Å². The quantitative estimate of drug-likeness (QED) is 0.0908. The van der Waals surface area contributed by atoms with Crippen molar-refractivity contribution in [1.29, 1.82) is 0 Å². The Morgan fingerprint density at radius 2 is 1.33 bits per heavy atom. The van der Waals surface area contributed by atoms with Crippen LogP contribution in [0.5, 0.6) is 11.5 Å². The molecule has 4 fully saturated rings. The van der Waals surface area contributed by atoms with Gasteiger partial charge in [0, 0.05) is 58.0 Å². The molecule has 0 spiro atoms. The van der Waals surface area contributed by atoms with E-state index in [1.54, 1.807) is 29.0 Å². The fourth-order valence-corrected chi connectivity index (χ4v) is 13.2. The summed E-state index contributed by atoms with van der Waals surface area (Å²) in [6, 6.07) is 22.2. The third kappa shape index (κ3) is 17.2. The number of aryl methyl sites for hydroxylation is 2. The number of nitrogens with zero attached hydrogens (tertiary/aromatic N) is 3. The number of hydrogen-bond donors (Lipinski definition) is 5. The first-order valence-corrected chi connectivity index (χ1v) is 31.9. The summed E-state index contributed by atoms with van der Waals surface area (Å²) < 4.78 is 26.5. The number of nitrogens with one attached hydrogen (secondary N) is 5. The highest BCUT2D eigenvalue weighted by Crippen LogP contribution is 2.40. The van der Waals surface area contributed by atoms with E-state index in [2.05, 4.69) is 26.6 Å². The summed E-state index contributed by atoms with van der Waals surface area (Å²) in [6.45, 7) is 1.87. The molecular formula is C68H85FN8O10. The number of ether oxygens (including phenoxy) is 2. The summed E-state index contributed by atoms with van der Waals surface area (Å²) in [5.41, 5.74) is 4.81. The van der Waals surface area contributed by atoms with Gasteiger partial charge in [-0.2, -0.15) is 0 Å². The fraction of sp³-hybridized carbons (Fsp3) is 0.529. The molecule has 1 unspecified atom stereocenters. The second-order valence-electron chi connectivity index (χ2n) is 24.8. The topological polar surface area (TPSA) is 225 Å². The second-order valence-corrected chi connectivity index (χ2v) is 24.8. The van der Waals surface area contributed by atoms with Crippen LogP contribution >= 0.6 is 0 Å². The molecule has 4 aromatic carbocycles. The maximum atomic E-state index is 14.8. The summed E-state index contributed by atoms with van der Waals surface area (Å²) in [4.78, 5) is 118. The zero-order chi connectivity index (χ0) is 60.8. The summed E-state index contributed by atoms with van der Waals surface area (Å²) in [5.74, 6) is -1.63. The van der Waals surface area contributed by atoms with E-state index in [9.17, 15) is 42.7 Å². The number of rotatable bonds is 13. The number of carbonyl (C=O) groups is 8. The number of likely N-dealkylation sites (N-methyl/N-ethyl adjacent to an activating group) is 1. The molecular weight excluding hydrogens is 1110 g/mol. The van der Waals surface area contributed by atoms with Crippen LogP contribution in [0.25, 0.3) is 11.1 Å². The minimum Gasteiger partial charge on any atom is -0.494 e. The summed E-state index contributed by atoms with van der Waals surface area (Å²) >= 11 is 0. The lowest BCUT2D eigenvalue weighted by atomic mass is 9.98. The standard InChI is InChI=1S/C68H85FN8O10/c1-75(68(85)57-19-5-7-34-86-53-17-9-12-45(38-53)40-60(77-33-11-21-62(77)79)67(84)73-56(65(82)74-57)30-24-44-22-28-51(69)29-23-44)43-47-13-8-14-49(37-47)50-36-46-25-31-61(78)71-58(42-63(80)76-32-10-20-59(76)48-26-27-48)66(83)72-55(64(81)70-52-15-2-3-16-52)18-4-6-35-87-54(39-46)41-50/h8-9,12-14,17,22-23,28-29,36-39,41,48,52,55-60H,2-7,10-11,15-16,18-21,24-27,30-35,40,42-43H2,1H3,(H,70,81)(H,71,78)(H,72,83)(H,73,84)(H,74,82)/t55-,56-,57-,58-,59?,60-/m0/s1. The van der Waals surface area contributed by atoms with E-state index in [-0.39, 0.29) is 74.4 Å². The van der Waals surface area contributed by atoms with E-state index in [0.29, 0.717) is 102 Å². The highest BCUT2D eigenvalue weighted by atomic mass is 19.1. The molecule has 4 bridgehead atoms. The molecule has 4 aliphatic heterocycles. The Kier molecular flexibility index (Phi) is 21.3. The molecule has 19 heteroatoms. The first-order valence-electron chi connectivity index (χ1n) is 31.9. The molecule has 4 aromatic rings. The number of fused-ring (bicyclic) bond motifs is 4. The zero-order valence-electron chi connectivity index (χ0n) is 50.2. The number of amides is 8. The Morgan fingerprint density at radius 1 is 0.621 bits per heavy atom. The smallest absolute Gasteiger partial charge is 0.245 e. The lowest BCUT2D eigenvalue weighted by Gasteiger charge is -2.30. The van der Waals surface area contributed by atoms with E-state index >= 15 is 0 Å². The average Bonchev–Trinajstić information content (AvgIpc) is 3.74. The number of halogens is 1. The van der Waals surface area contributed by atoms with Crippen molar-refractivity contribution in [2.24, 2.45) is 5.92 Å². The van der Waals surface area contributed by atoms with E-state index in [1.165, 1.54) is 12.1 Å². The molecule has 8 amide bonds. The van der Waals surface area contributed by atoms with E-state index < -0.39 is 59.7 Å². The summed E-state index contributed by atoms with van der Waals surface area (Å²) in [5, 5.41) is 15.0. The highest BCUT2D eigenvalue weighted by molar-refractivity contribution is 5.96. The van der Waals surface area contributed by atoms with Crippen molar-refractivity contribution >= 4 is 47.3 Å². The monoisotopic (exact) mass is 1190 g/mol. The molecule has 464 valence electrons. The van der Waals surface area contributed by atoms with Gasteiger partial charge in [-0.25, -0.2) is 4.39 Å². The van der Waals surface area contributed by atoms with Crippen molar-refractivity contribution in [3.63, 3.8) is 0 Å². The first kappa shape index (κ1) is 62.2. The Bertz CT molecular complexity index is 3110. The Hall–Kier alpha value is -7.83. The Morgan fingerprint density at radius 3 is 2.09 bits per heavy atom. The van der Waals surface area contributed by atoms with Crippen LogP contribution in [0, 0.1) is 11.7 Å². The maximum Gasteiger partial charge on any atom is 0.245 e. The van der Waals surface area contributed by atoms with Crippen molar-refractivity contribution in [1.82, 2.24) is 41.3 Å². The second kappa shape index (κ2) is 29.7. The van der Waals surface area contributed by atoms with Gasteiger partial charge in [0.15, 0.2) is 0 Å². The van der Waals surface area contributed by atoms with Crippen LogP contribution in [0.2, 0.25) is 0 Å². The summed E-state index contributed by atoms with van der Waals surface area (Å²) in [6.07, 6.45) is 12.4. The molecule has 18 nitrogen and oxygen atoms in total. The van der Waals surface area contributed by atoms with Crippen molar-refractivity contribution in [2.45, 2.75) is 190 Å². The van der Waals surface area contributed by atoms with Gasteiger partial charge in [-0.15, -0.1) is 0 Å². The molecule has 0 aromatic heterocycles. The normalized spacial score (nSPS) is 24.0. The molecule has 2 aliphatic carbocycles. The van der Waals surface area contributed by atoms with Crippen molar-refractivity contribution in [3.8, 4) is 22.6 Å². The average molecular weight is 1190 g/mol. The third-order valence-corrected chi connectivity index (χ3v) is 18.1. The van der Waals surface area contributed by atoms with E-state index in [1.807, 2.05) is 71.6 Å². The molecule has 10 rings (SSSR count). The van der Waals surface area contributed by atoms with Gasteiger partial charge in [0.2, 0.25) is 47.3 Å². The van der Waals surface area contributed by atoms with Crippen LogP contribution in [0.3, 0.4) is 0 Å². The Balaban J connectivity index is 0.853. The number of carbonyl (C=O) groups excluding carboxylic acids is 8. The largest absolute Gasteiger partial charge is 0.494 e. The lowest BCUT2D eigenvalue weighted by molar-refractivity contribution is -0.140. The highest BCUT2D eigenvalue weighted by Gasteiger charge is 2.42. The van der Waals surface area contributed by atoms with Gasteiger partial charge >= 0.3 is 0 Å². The third-order valence-electron chi connectivity index (χ3n) is 18.1. The fourth-order valence-electron chi connectivity index (χ4n) is 13.2. The van der Waals surface area contributed by atoms with Gasteiger partial charge in [-0.1, -0.05) is 61.4 Å². The number of benzene rings is 4. The molecule has 2 saturated carbocycles. The molecule has 6 aliphatic rings.